The Labute approximate surface area is 253 Å². The molecular weight excluding hydrogens is 585 g/mol. The molecule has 6 nitrogen and oxygen atoms in total. The number of carbonyl (C=O) groups is 2. The molecule has 41 heavy (non-hydrogen) atoms. The number of nitrogens with zero attached hydrogens (tertiary/aromatic N) is 1. The summed E-state index contributed by atoms with van der Waals surface area (Å²) in [5.74, 6) is -3.86. The first-order chi connectivity index (χ1) is 19.2. The average Bonchev–Trinajstić information content (AvgIpc) is 2.91. The third kappa shape index (κ3) is 18.5. The Morgan fingerprint density at radius 2 is 1.32 bits per heavy atom. The van der Waals surface area contributed by atoms with Gasteiger partial charge in [0, 0.05) is 35.6 Å². The molecule has 0 saturated heterocycles. The van der Waals surface area contributed by atoms with Gasteiger partial charge in [0.1, 0.15) is 0 Å². The molecule has 1 aromatic carbocycles. The predicted molar refractivity (Wildman–Crippen MR) is 152 cm³/mol. The van der Waals surface area contributed by atoms with Gasteiger partial charge in [-0.2, -0.15) is 13.2 Å². The summed E-state index contributed by atoms with van der Waals surface area (Å²) in [5, 5.41) is 11.8. The summed E-state index contributed by atoms with van der Waals surface area (Å²) in [4.78, 5) is 26.3. The molecule has 0 unspecified atom stereocenters. The van der Waals surface area contributed by atoms with Crippen LogP contribution in [0.5, 0.6) is 0 Å². The minimum atomic E-state index is -5.20. The maximum absolute atomic E-state index is 12.5. The molecular formula is C31H45CuF3N2O4. The second-order valence-corrected chi connectivity index (χ2v) is 10.1. The van der Waals surface area contributed by atoms with Crippen molar-refractivity contribution >= 4 is 17.6 Å². The number of benzene rings is 1. The summed E-state index contributed by atoms with van der Waals surface area (Å²) in [6.07, 6.45) is 14.5. The normalized spacial score (nSPS) is 11.7. The van der Waals surface area contributed by atoms with E-state index in [1.807, 2.05) is 0 Å². The van der Waals surface area contributed by atoms with E-state index in [1.165, 1.54) is 77.0 Å². The van der Waals surface area contributed by atoms with E-state index in [0.717, 1.165) is 24.8 Å². The van der Waals surface area contributed by atoms with Crippen LogP contribution in [0.4, 0.5) is 18.9 Å². The minimum absolute atomic E-state index is 0. The number of anilines is 1. The Balaban J connectivity index is 0.0000160. The fourth-order valence-corrected chi connectivity index (χ4v) is 4.29. The Kier molecular flexibility index (Phi) is 21.7. The van der Waals surface area contributed by atoms with Crippen LogP contribution in [0.25, 0.3) is 4.85 Å². The average molecular weight is 630 g/mol. The van der Waals surface area contributed by atoms with Gasteiger partial charge in [0.15, 0.2) is 0 Å². The van der Waals surface area contributed by atoms with E-state index in [9.17, 15) is 22.8 Å². The zero-order valence-corrected chi connectivity index (χ0v) is 25.0. The van der Waals surface area contributed by atoms with Crippen LogP contribution in [-0.2, 0) is 37.8 Å². The Bertz CT molecular complexity index is 944. The molecule has 235 valence electrons. The number of aliphatic hydroxyl groups excluding tert-OH is 1. The van der Waals surface area contributed by atoms with Crippen molar-refractivity contribution in [3.05, 3.63) is 52.7 Å². The van der Waals surface area contributed by atoms with Crippen LogP contribution < -0.4 is 5.32 Å². The van der Waals surface area contributed by atoms with Crippen molar-refractivity contribution in [1.29, 1.82) is 0 Å². The number of unbranched alkanes of at least 4 members (excludes halogenated alkanes) is 14. The molecule has 0 aromatic heterocycles. The molecule has 2 N–H and O–H groups in total. The summed E-state index contributed by atoms with van der Waals surface area (Å²) in [7, 11) is 0. The molecule has 0 saturated carbocycles. The Morgan fingerprint density at radius 1 is 0.854 bits per heavy atom. The van der Waals surface area contributed by atoms with E-state index in [-0.39, 0.29) is 36.0 Å². The Morgan fingerprint density at radius 3 is 1.76 bits per heavy atom. The molecule has 0 heterocycles. The van der Waals surface area contributed by atoms with Crippen molar-refractivity contribution in [2.24, 2.45) is 0 Å². The third-order valence-electron chi connectivity index (χ3n) is 6.67. The summed E-state index contributed by atoms with van der Waals surface area (Å²) in [6, 6.07) is 6.80. The number of halogens is 3. The first kappa shape index (κ1) is 38.5. The molecule has 0 fully saturated rings. The molecule has 1 aromatic rings. The topological polar surface area (TPSA) is 80.0 Å². The van der Waals surface area contributed by atoms with E-state index in [2.05, 4.69) is 21.8 Å². The van der Waals surface area contributed by atoms with Crippen molar-refractivity contribution < 1.29 is 49.7 Å². The minimum Gasteiger partial charge on any atom is -0.515 e. The number of rotatable bonds is 21. The molecule has 0 aliphatic carbocycles. The summed E-state index contributed by atoms with van der Waals surface area (Å²) < 4.78 is 42.2. The van der Waals surface area contributed by atoms with E-state index in [1.54, 1.807) is 24.3 Å². The molecule has 0 atom stereocenters. The molecule has 10 heteroatoms. The van der Waals surface area contributed by atoms with Gasteiger partial charge in [0.25, 0.3) is 0 Å². The number of allylic oxidation sites excluding steroid dienone is 1. The number of carbonyl (C=O) groups excluding carboxylic acids is 2. The van der Waals surface area contributed by atoms with E-state index in [0.29, 0.717) is 12.1 Å². The maximum Gasteiger partial charge on any atom is 0.438 e. The van der Waals surface area contributed by atoms with Gasteiger partial charge >= 0.3 is 17.8 Å². The van der Waals surface area contributed by atoms with Crippen LogP contribution in [0, 0.1) is 6.57 Å². The molecule has 0 bridgehead atoms. The zero-order chi connectivity index (χ0) is 29.6. The van der Waals surface area contributed by atoms with Crippen molar-refractivity contribution in [3.8, 4) is 0 Å². The van der Waals surface area contributed by atoms with Gasteiger partial charge in [-0.3, -0.25) is 9.59 Å². The monoisotopic (exact) mass is 629 g/mol. The van der Waals surface area contributed by atoms with Gasteiger partial charge in [0.2, 0.25) is 11.7 Å². The van der Waals surface area contributed by atoms with Gasteiger partial charge in [-0.05, 0) is 24.1 Å². The standard InChI is InChI=1S/C31H45F3N2O4.Cu/c1-3-4-5-6-7-8-9-10-11-12-13-14-15-16-17-18-27(37)36-26-21-19-25(20-22-26)23-24-40-30(39)28(35-2)29(38)31(32,33)34;/h19-22,38H,3-18,23-24H2,1H3,(H,36,37);. The fourth-order valence-electron chi connectivity index (χ4n) is 4.29. The smallest absolute Gasteiger partial charge is 0.438 e. The van der Waals surface area contributed by atoms with Gasteiger partial charge < -0.3 is 15.2 Å². The summed E-state index contributed by atoms with van der Waals surface area (Å²) >= 11 is 0. The molecule has 1 rings (SSSR count). The van der Waals surface area contributed by atoms with Crippen molar-refractivity contribution in [2.45, 2.75) is 122 Å². The second kappa shape index (κ2) is 23.1. The van der Waals surface area contributed by atoms with Gasteiger partial charge in [-0.25, -0.2) is 4.85 Å². The van der Waals surface area contributed by atoms with E-state index in [4.69, 9.17) is 11.7 Å². The van der Waals surface area contributed by atoms with Gasteiger partial charge in [-0.15, -0.1) is 0 Å². The van der Waals surface area contributed by atoms with Crippen molar-refractivity contribution in [1.82, 2.24) is 0 Å². The summed E-state index contributed by atoms with van der Waals surface area (Å²) in [6.45, 7) is 8.66. The number of hydrogen-bond acceptors (Lipinski definition) is 4. The van der Waals surface area contributed by atoms with Crippen LogP contribution in [0.15, 0.2) is 35.7 Å². The number of esters is 1. The first-order valence-corrected chi connectivity index (χ1v) is 14.6. The van der Waals surface area contributed by atoms with Crippen LogP contribution in [0.3, 0.4) is 0 Å². The largest absolute Gasteiger partial charge is 0.515 e. The van der Waals surface area contributed by atoms with Gasteiger partial charge in [-0.1, -0.05) is 109 Å². The molecule has 1 amide bonds. The first-order valence-electron chi connectivity index (χ1n) is 14.6. The van der Waals surface area contributed by atoms with Crippen molar-refractivity contribution in [3.63, 3.8) is 0 Å². The Hall–Kier alpha value is -2.50. The SMILES string of the molecule is [C-]#[N+]C(C(=O)OCCc1ccc(NC(=O)CCCCCCCCCCCCCCCCC)cc1)=C(O)C(F)(F)F.[Cu]. The van der Waals surface area contributed by atoms with E-state index >= 15 is 0 Å². The van der Waals surface area contributed by atoms with E-state index < -0.39 is 23.6 Å². The molecule has 1 radical (unpaired) electrons. The number of hydrogen-bond donors (Lipinski definition) is 2. The number of ether oxygens (including phenoxy) is 1. The van der Waals surface area contributed by atoms with Crippen LogP contribution in [0.2, 0.25) is 0 Å². The zero-order valence-electron chi connectivity index (χ0n) is 24.1. The number of aliphatic hydroxyl groups is 1. The van der Waals surface area contributed by atoms with Crippen molar-refractivity contribution in [2.75, 3.05) is 11.9 Å². The molecule has 0 aliphatic heterocycles. The number of amides is 1. The maximum atomic E-state index is 12.5. The number of alkyl halides is 3. The van der Waals surface area contributed by atoms with Crippen LogP contribution in [0.1, 0.15) is 115 Å². The van der Waals surface area contributed by atoms with Crippen LogP contribution >= 0.6 is 0 Å². The molecule has 0 aliphatic rings. The van der Waals surface area contributed by atoms with Crippen LogP contribution in [-0.4, -0.2) is 29.8 Å². The summed E-state index contributed by atoms with van der Waals surface area (Å²) in [5.41, 5.74) is -0.152. The quantitative estimate of drug-likeness (QED) is 0.0355. The molecule has 0 spiro atoms. The fraction of sp³-hybridized carbons (Fsp3) is 0.645. The third-order valence-corrected chi connectivity index (χ3v) is 6.67. The van der Waals surface area contributed by atoms with Gasteiger partial charge in [0.05, 0.1) is 13.2 Å². The number of nitrogens with one attached hydrogen (secondary N) is 1. The second-order valence-electron chi connectivity index (χ2n) is 10.1. The predicted octanol–water partition coefficient (Wildman–Crippen LogP) is 9.22.